The summed E-state index contributed by atoms with van der Waals surface area (Å²) in [6.07, 6.45) is 0. The summed E-state index contributed by atoms with van der Waals surface area (Å²) in [7, 11) is 1.50. The highest BCUT2D eigenvalue weighted by atomic mass is 16.6. The minimum Gasteiger partial charge on any atom is -0.496 e. The van der Waals surface area contributed by atoms with E-state index < -0.39 is 4.92 Å². The third-order valence-electron chi connectivity index (χ3n) is 2.11. The van der Waals surface area contributed by atoms with Crippen LogP contribution in [0.25, 0.3) is 0 Å². The fourth-order valence-corrected chi connectivity index (χ4v) is 1.29. The minimum atomic E-state index is -0.415. The molecule has 0 fully saturated rings. The number of methoxy groups -OCH3 is 1. The standard InChI is InChI=1S/C11H16N2O3/c1-8(2)12-7-9-4-10(13(14)15)6-11(5-9)16-3/h4-6,8,12H,7H2,1-3H3. The van der Waals surface area contributed by atoms with Crippen molar-refractivity contribution in [1.82, 2.24) is 5.32 Å². The number of rotatable bonds is 5. The van der Waals surface area contributed by atoms with E-state index in [0.29, 0.717) is 18.3 Å². The predicted molar refractivity (Wildman–Crippen MR) is 61.6 cm³/mol. The van der Waals surface area contributed by atoms with Crippen LogP contribution < -0.4 is 10.1 Å². The van der Waals surface area contributed by atoms with Crippen LogP contribution in [0.1, 0.15) is 19.4 Å². The van der Waals surface area contributed by atoms with Gasteiger partial charge in [-0.25, -0.2) is 0 Å². The van der Waals surface area contributed by atoms with Gasteiger partial charge in [-0.2, -0.15) is 0 Å². The van der Waals surface area contributed by atoms with Gasteiger partial charge in [0.2, 0.25) is 0 Å². The molecule has 0 amide bonds. The van der Waals surface area contributed by atoms with Crippen molar-refractivity contribution in [2.75, 3.05) is 7.11 Å². The Labute approximate surface area is 94.6 Å². The third-order valence-corrected chi connectivity index (χ3v) is 2.11. The Hall–Kier alpha value is -1.62. The number of benzene rings is 1. The molecule has 0 aliphatic rings. The minimum absolute atomic E-state index is 0.0555. The molecule has 0 aromatic heterocycles. The Morgan fingerprint density at radius 1 is 1.44 bits per heavy atom. The predicted octanol–water partition coefficient (Wildman–Crippen LogP) is 2.10. The Morgan fingerprint density at radius 2 is 2.12 bits per heavy atom. The number of nitrogens with zero attached hydrogens (tertiary/aromatic N) is 1. The number of nitrogens with one attached hydrogen (secondary N) is 1. The van der Waals surface area contributed by atoms with Crippen LogP contribution in [0, 0.1) is 10.1 Å². The van der Waals surface area contributed by atoms with Crippen molar-refractivity contribution in [3.63, 3.8) is 0 Å². The maximum absolute atomic E-state index is 10.7. The molecule has 0 saturated carbocycles. The van der Waals surface area contributed by atoms with Gasteiger partial charge in [0.15, 0.2) is 0 Å². The van der Waals surface area contributed by atoms with Crippen LogP contribution in [0.15, 0.2) is 18.2 Å². The summed E-state index contributed by atoms with van der Waals surface area (Å²) in [4.78, 5) is 10.3. The number of ether oxygens (including phenoxy) is 1. The number of hydrogen-bond donors (Lipinski definition) is 1. The lowest BCUT2D eigenvalue weighted by Crippen LogP contribution is -2.21. The van der Waals surface area contributed by atoms with Crippen LogP contribution in [-0.4, -0.2) is 18.1 Å². The summed E-state index contributed by atoms with van der Waals surface area (Å²) in [5.74, 6) is 0.509. The highest BCUT2D eigenvalue weighted by molar-refractivity contribution is 5.42. The van der Waals surface area contributed by atoms with Crippen LogP contribution in [0.3, 0.4) is 0 Å². The van der Waals surface area contributed by atoms with Crippen molar-refractivity contribution in [1.29, 1.82) is 0 Å². The van der Waals surface area contributed by atoms with Crippen molar-refractivity contribution < 1.29 is 9.66 Å². The van der Waals surface area contributed by atoms with Gasteiger partial charge in [-0.1, -0.05) is 13.8 Å². The quantitative estimate of drug-likeness (QED) is 0.614. The molecule has 0 bridgehead atoms. The molecule has 1 N–H and O–H groups in total. The zero-order valence-electron chi connectivity index (χ0n) is 9.69. The molecule has 0 aliphatic carbocycles. The van der Waals surface area contributed by atoms with Crippen LogP contribution in [0.2, 0.25) is 0 Å². The number of nitro groups is 1. The van der Waals surface area contributed by atoms with Gasteiger partial charge in [-0.15, -0.1) is 0 Å². The molecule has 1 aromatic rings. The molecule has 5 nitrogen and oxygen atoms in total. The van der Waals surface area contributed by atoms with Crippen LogP contribution in [0.5, 0.6) is 5.75 Å². The van der Waals surface area contributed by atoms with Crippen LogP contribution >= 0.6 is 0 Å². The summed E-state index contributed by atoms with van der Waals surface area (Å²) in [6.45, 7) is 4.64. The van der Waals surface area contributed by atoms with E-state index in [1.165, 1.54) is 13.2 Å². The van der Waals surface area contributed by atoms with Crippen LogP contribution in [-0.2, 0) is 6.54 Å². The second-order valence-corrected chi connectivity index (χ2v) is 3.83. The first-order valence-electron chi connectivity index (χ1n) is 5.08. The molecule has 16 heavy (non-hydrogen) atoms. The fourth-order valence-electron chi connectivity index (χ4n) is 1.29. The molecule has 0 radical (unpaired) electrons. The fraction of sp³-hybridized carbons (Fsp3) is 0.455. The highest BCUT2D eigenvalue weighted by Gasteiger charge is 2.10. The molecule has 0 unspecified atom stereocenters. The van der Waals surface area contributed by atoms with E-state index in [1.807, 2.05) is 13.8 Å². The summed E-state index contributed by atoms with van der Waals surface area (Å²) in [5.41, 5.74) is 0.902. The van der Waals surface area contributed by atoms with E-state index in [-0.39, 0.29) is 5.69 Å². The molecule has 1 rings (SSSR count). The first-order chi connectivity index (χ1) is 7.52. The molecule has 0 atom stereocenters. The van der Waals surface area contributed by atoms with Crippen molar-refractivity contribution in [2.24, 2.45) is 0 Å². The smallest absolute Gasteiger partial charge is 0.273 e. The lowest BCUT2D eigenvalue weighted by Gasteiger charge is -2.09. The summed E-state index contributed by atoms with van der Waals surface area (Å²) in [5, 5.41) is 13.9. The average Bonchev–Trinajstić information content (AvgIpc) is 2.25. The van der Waals surface area contributed by atoms with Gasteiger partial charge >= 0.3 is 0 Å². The van der Waals surface area contributed by atoms with Crippen LogP contribution in [0.4, 0.5) is 5.69 Å². The average molecular weight is 224 g/mol. The van der Waals surface area contributed by atoms with Gasteiger partial charge in [0.1, 0.15) is 5.75 Å². The lowest BCUT2D eigenvalue weighted by atomic mass is 10.2. The maximum atomic E-state index is 10.7. The first-order valence-corrected chi connectivity index (χ1v) is 5.08. The summed E-state index contributed by atoms with van der Waals surface area (Å²) >= 11 is 0. The largest absolute Gasteiger partial charge is 0.496 e. The molecule has 0 saturated heterocycles. The van der Waals surface area contributed by atoms with E-state index in [4.69, 9.17) is 4.74 Å². The van der Waals surface area contributed by atoms with Gasteiger partial charge in [-0.3, -0.25) is 10.1 Å². The maximum Gasteiger partial charge on any atom is 0.273 e. The van der Waals surface area contributed by atoms with E-state index >= 15 is 0 Å². The van der Waals surface area contributed by atoms with E-state index in [0.717, 1.165) is 5.56 Å². The summed E-state index contributed by atoms with van der Waals surface area (Å²) in [6, 6.07) is 5.10. The highest BCUT2D eigenvalue weighted by Crippen LogP contribution is 2.22. The molecule has 0 aliphatic heterocycles. The molecule has 88 valence electrons. The number of non-ortho nitro benzene ring substituents is 1. The zero-order valence-corrected chi connectivity index (χ0v) is 9.69. The molecule has 0 spiro atoms. The van der Waals surface area contributed by atoms with Gasteiger partial charge in [0.25, 0.3) is 5.69 Å². The molecule has 1 aromatic carbocycles. The van der Waals surface area contributed by atoms with Gasteiger partial charge in [0.05, 0.1) is 18.1 Å². The van der Waals surface area contributed by atoms with Crippen molar-refractivity contribution in [3.8, 4) is 5.75 Å². The molecule has 5 heteroatoms. The van der Waals surface area contributed by atoms with E-state index in [9.17, 15) is 10.1 Å². The molecular weight excluding hydrogens is 208 g/mol. The Morgan fingerprint density at radius 3 is 2.62 bits per heavy atom. The van der Waals surface area contributed by atoms with Crippen molar-refractivity contribution in [3.05, 3.63) is 33.9 Å². The normalized spacial score (nSPS) is 10.5. The van der Waals surface area contributed by atoms with E-state index in [1.54, 1.807) is 12.1 Å². The van der Waals surface area contributed by atoms with Crippen molar-refractivity contribution >= 4 is 5.69 Å². The van der Waals surface area contributed by atoms with Gasteiger partial charge < -0.3 is 10.1 Å². The van der Waals surface area contributed by atoms with Gasteiger partial charge in [-0.05, 0) is 11.6 Å². The number of hydrogen-bond acceptors (Lipinski definition) is 4. The summed E-state index contributed by atoms with van der Waals surface area (Å²) < 4.78 is 5.02. The second-order valence-electron chi connectivity index (χ2n) is 3.83. The second kappa shape index (κ2) is 5.46. The zero-order chi connectivity index (χ0) is 12.1. The lowest BCUT2D eigenvalue weighted by molar-refractivity contribution is -0.385. The Balaban J connectivity index is 2.90. The molecular formula is C11H16N2O3. The SMILES string of the molecule is COc1cc(CNC(C)C)cc([N+](=O)[O-])c1. The number of nitro benzene ring substituents is 1. The topological polar surface area (TPSA) is 64.4 Å². The first kappa shape index (κ1) is 12.4. The Kier molecular flexibility index (Phi) is 4.25. The monoisotopic (exact) mass is 224 g/mol. The van der Waals surface area contributed by atoms with E-state index in [2.05, 4.69) is 5.32 Å². The molecule has 0 heterocycles. The Bertz CT molecular complexity index is 377. The van der Waals surface area contributed by atoms with Gasteiger partial charge in [0, 0.05) is 18.7 Å². The third kappa shape index (κ3) is 3.51. The van der Waals surface area contributed by atoms with Crippen molar-refractivity contribution in [2.45, 2.75) is 26.4 Å².